The molecule has 0 amide bonds. The van der Waals surface area contributed by atoms with Crippen molar-refractivity contribution in [3.63, 3.8) is 0 Å². The summed E-state index contributed by atoms with van der Waals surface area (Å²) in [5, 5.41) is 0. The Labute approximate surface area is 114 Å². The molecule has 0 heterocycles. The maximum atomic E-state index is 6.48. The van der Waals surface area contributed by atoms with E-state index in [1.165, 1.54) is 57.8 Å². The fourth-order valence-corrected chi connectivity index (χ4v) is 4.13. The van der Waals surface area contributed by atoms with E-state index in [9.17, 15) is 0 Å². The molecule has 1 nitrogen and oxygen atoms in total. The lowest BCUT2D eigenvalue weighted by Gasteiger charge is -2.41. The van der Waals surface area contributed by atoms with Gasteiger partial charge in [-0.05, 0) is 55.3 Å². The third-order valence-corrected chi connectivity index (χ3v) is 5.41. The molecule has 4 unspecified atom stereocenters. The van der Waals surface area contributed by atoms with Gasteiger partial charge in [-0.25, -0.2) is 0 Å². The van der Waals surface area contributed by atoms with E-state index in [4.69, 9.17) is 5.73 Å². The zero-order chi connectivity index (χ0) is 13.2. The first kappa shape index (κ1) is 14.4. The minimum absolute atomic E-state index is 0.444. The smallest absolute Gasteiger partial charge is 0.00674 e. The molecule has 2 N–H and O–H groups in total. The van der Waals surface area contributed by atoms with Gasteiger partial charge in [-0.3, -0.25) is 0 Å². The molecule has 2 saturated carbocycles. The summed E-state index contributed by atoms with van der Waals surface area (Å²) in [5.41, 5.74) is 6.92. The average molecular weight is 251 g/mol. The van der Waals surface area contributed by atoms with Crippen molar-refractivity contribution in [2.45, 2.75) is 84.6 Å². The van der Waals surface area contributed by atoms with Gasteiger partial charge in [0.05, 0.1) is 0 Å². The van der Waals surface area contributed by atoms with E-state index in [1.807, 2.05) is 0 Å². The van der Waals surface area contributed by atoms with Crippen LogP contribution >= 0.6 is 0 Å². The van der Waals surface area contributed by atoms with E-state index in [0.717, 1.165) is 17.8 Å². The lowest BCUT2D eigenvalue weighted by Crippen LogP contribution is -2.38. The SMILES string of the molecule is CC(C)(C)CCC(N)C1CCC2CCCCC2C1. The third kappa shape index (κ3) is 3.98. The van der Waals surface area contributed by atoms with E-state index < -0.39 is 0 Å². The fraction of sp³-hybridized carbons (Fsp3) is 1.00. The molecule has 0 aromatic rings. The first-order valence-electron chi connectivity index (χ1n) is 8.21. The topological polar surface area (TPSA) is 26.0 Å². The molecule has 2 fully saturated rings. The molecule has 106 valence electrons. The number of hydrogen-bond donors (Lipinski definition) is 1. The molecular formula is C17H33N. The van der Waals surface area contributed by atoms with Crippen LogP contribution in [0.15, 0.2) is 0 Å². The first-order valence-corrected chi connectivity index (χ1v) is 8.21. The summed E-state index contributed by atoms with van der Waals surface area (Å²) in [6.45, 7) is 6.99. The maximum Gasteiger partial charge on any atom is 0.00674 e. The Hall–Kier alpha value is -0.0400. The standard InChI is InChI=1S/C17H33N/c1-17(2,3)11-10-16(18)15-9-8-13-6-4-5-7-14(13)12-15/h13-16H,4-12,18H2,1-3H3. The van der Waals surface area contributed by atoms with Crippen LogP contribution in [-0.2, 0) is 0 Å². The number of fused-ring (bicyclic) bond motifs is 1. The highest BCUT2D eigenvalue weighted by Crippen LogP contribution is 2.43. The van der Waals surface area contributed by atoms with Gasteiger partial charge in [-0.15, -0.1) is 0 Å². The highest BCUT2D eigenvalue weighted by molar-refractivity contribution is 4.87. The monoisotopic (exact) mass is 251 g/mol. The van der Waals surface area contributed by atoms with Gasteiger partial charge in [-0.2, -0.15) is 0 Å². The molecule has 4 atom stereocenters. The van der Waals surface area contributed by atoms with Crippen molar-refractivity contribution in [3.05, 3.63) is 0 Å². The Morgan fingerprint density at radius 2 is 1.67 bits per heavy atom. The van der Waals surface area contributed by atoms with E-state index >= 15 is 0 Å². The highest BCUT2D eigenvalue weighted by Gasteiger charge is 2.34. The number of rotatable bonds is 3. The van der Waals surface area contributed by atoms with Crippen LogP contribution in [0.25, 0.3) is 0 Å². The summed E-state index contributed by atoms with van der Waals surface area (Å²) >= 11 is 0. The van der Waals surface area contributed by atoms with Gasteiger partial charge < -0.3 is 5.73 Å². The van der Waals surface area contributed by atoms with Crippen molar-refractivity contribution in [2.24, 2.45) is 28.9 Å². The van der Waals surface area contributed by atoms with Crippen molar-refractivity contribution in [3.8, 4) is 0 Å². The number of nitrogens with two attached hydrogens (primary N) is 1. The largest absolute Gasteiger partial charge is 0.327 e. The van der Waals surface area contributed by atoms with Gasteiger partial charge >= 0.3 is 0 Å². The molecule has 18 heavy (non-hydrogen) atoms. The Morgan fingerprint density at radius 3 is 2.33 bits per heavy atom. The van der Waals surface area contributed by atoms with Gasteiger partial charge in [-0.1, -0.05) is 46.5 Å². The van der Waals surface area contributed by atoms with E-state index in [2.05, 4.69) is 20.8 Å². The van der Waals surface area contributed by atoms with Crippen LogP contribution in [0, 0.1) is 23.2 Å². The molecule has 0 spiro atoms. The summed E-state index contributed by atoms with van der Waals surface area (Å²) in [4.78, 5) is 0. The summed E-state index contributed by atoms with van der Waals surface area (Å²) in [7, 11) is 0. The zero-order valence-corrected chi connectivity index (χ0v) is 12.8. The van der Waals surface area contributed by atoms with Crippen molar-refractivity contribution < 1.29 is 0 Å². The van der Waals surface area contributed by atoms with Crippen LogP contribution in [0.2, 0.25) is 0 Å². The van der Waals surface area contributed by atoms with Gasteiger partial charge in [0.2, 0.25) is 0 Å². The molecular weight excluding hydrogens is 218 g/mol. The van der Waals surface area contributed by atoms with Gasteiger partial charge in [0.15, 0.2) is 0 Å². The Kier molecular flexibility index (Phi) is 4.75. The first-order chi connectivity index (χ1) is 8.46. The minimum atomic E-state index is 0.444. The van der Waals surface area contributed by atoms with Crippen LogP contribution in [0.1, 0.15) is 78.6 Å². The third-order valence-electron chi connectivity index (χ3n) is 5.41. The van der Waals surface area contributed by atoms with Crippen molar-refractivity contribution in [2.75, 3.05) is 0 Å². The lowest BCUT2D eigenvalue weighted by molar-refractivity contribution is 0.113. The summed E-state index contributed by atoms with van der Waals surface area (Å²) in [5.74, 6) is 2.91. The molecule has 0 saturated heterocycles. The van der Waals surface area contributed by atoms with Crippen LogP contribution in [0.4, 0.5) is 0 Å². The second-order valence-electron chi connectivity index (χ2n) is 8.14. The summed E-state index contributed by atoms with van der Waals surface area (Å²) in [6, 6.07) is 0.465. The van der Waals surface area contributed by atoms with Gasteiger partial charge in [0, 0.05) is 6.04 Å². The Bertz CT molecular complexity index is 253. The minimum Gasteiger partial charge on any atom is -0.327 e. The quantitative estimate of drug-likeness (QED) is 0.770. The zero-order valence-electron chi connectivity index (χ0n) is 12.8. The Balaban J connectivity index is 1.79. The molecule has 0 aromatic heterocycles. The molecule has 0 aromatic carbocycles. The molecule has 0 aliphatic heterocycles. The lowest BCUT2D eigenvalue weighted by atomic mass is 9.65. The van der Waals surface area contributed by atoms with Crippen LogP contribution in [0.5, 0.6) is 0 Å². The molecule has 0 bridgehead atoms. The van der Waals surface area contributed by atoms with Gasteiger partial charge in [0.1, 0.15) is 0 Å². The maximum absolute atomic E-state index is 6.48. The molecule has 1 heteroatoms. The van der Waals surface area contributed by atoms with E-state index in [1.54, 1.807) is 0 Å². The predicted octanol–water partition coefficient (Wildman–Crippen LogP) is 4.75. The second kappa shape index (κ2) is 5.94. The van der Waals surface area contributed by atoms with E-state index in [-0.39, 0.29) is 0 Å². The molecule has 0 radical (unpaired) electrons. The highest BCUT2D eigenvalue weighted by atomic mass is 14.7. The molecule has 2 rings (SSSR count). The predicted molar refractivity (Wildman–Crippen MR) is 79.5 cm³/mol. The van der Waals surface area contributed by atoms with Crippen LogP contribution in [-0.4, -0.2) is 6.04 Å². The Morgan fingerprint density at radius 1 is 1.00 bits per heavy atom. The summed E-state index contributed by atoms with van der Waals surface area (Å²) in [6.07, 6.45) is 12.8. The summed E-state index contributed by atoms with van der Waals surface area (Å²) < 4.78 is 0. The van der Waals surface area contributed by atoms with Gasteiger partial charge in [0.25, 0.3) is 0 Å². The fourth-order valence-electron chi connectivity index (χ4n) is 4.13. The second-order valence-corrected chi connectivity index (χ2v) is 8.14. The van der Waals surface area contributed by atoms with E-state index in [0.29, 0.717) is 11.5 Å². The van der Waals surface area contributed by atoms with Crippen LogP contribution in [0.3, 0.4) is 0 Å². The normalized spacial score (nSPS) is 35.0. The van der Waals surface area contributed by atoms with Crippen molar-refractivity contribution in [1.82, 2.24) is 0 Å². The average Bonchev–Trinajstić information content (AvgIpc) is 2.34. The van der Waals surface area contributed by atoms with Crippen molar-refractivity contribution in [1.29, 1.82) is 0 Å². The molecule has 2 aliphatic rings. The molecule has 2 aliphatic carbocycles. The van der Waals surface area contributed by atoms with Crippen LogP contribution < -0.4 is 5.73 Å². The number of hydrogen-bond acceptors (Lipinski definition) is 1. The van der Waals surface area contributed by atoms with Crippen molar-refractivity contribution >= 4 is 0 Å².